The number of methoxy groups -OCH3 is 1. The molecule has 0 N–H and O–H groups in total. The minimum atomic E-state index is -0.511. The van der Waals surface area contributed by atoms with Crippen molar-refractivity contribution in [1.82, 2.24) is 4.90 Å². The van der Waals surface area contributed by atoms with Gasteiger partial charge in [0.25, 0.3) is 5.91 Å². The third-order valence-corrected chi connectivity index (χ3v) is 5.17. The molecular weight excluding hydrogens is 339 g/mol. The monoisotopic (exact) mass is 358 g/mol. The number of ether oxygens (including phenoxy) is 1. The van der Waals surface area contributed by atoms with E-state index in [0.717, 1.165) is 23.6 Å². The Bertz CT molecular complexity index is 792. The molecule has 2 aromatic carbocycles. The fourth-order valence-corrected chi connectivity index (χ4v) is 3.91. The predicted molar refractivity (Wildman–Crippen MR) is 99.2 cm³/mol. The molecule has 6 heteroatoms. The molecule has 0 saturated carbocycles. The lowest BCUT2D eigenvalue weighted by atomic mass is 10.1. The summed E-state index contributed by atoms with van der Waals surface area (Å²) in [7, 11) is 1.61. The molecule has 0 aliphatic carbocycles. The van der Waals surface area contributed by atoms with E-state index in [4.69, 9.17) is 4.74 Å². The topological polar surface area (TPSA) is 41.9 Å². The zero-order valence-corrected chi connectivity index (χ0v) is 14.9. The fraction of sp³-hybridized carbons (Fsp3) is 0.263. The summed E-state index contributed by atoms with van der Waals surface area (Å²) in [5.41, 5.74) is 0.803. The second kappa shape index (κ2) is 7.70. The normalized spacial score (nSPS) is 18.6. The molecule has 0 aromatic heterocycles. The molecule has 1 heterocycles. The first kappa shape index (κ1) is 17.5. The summed E-state index contributed by atoms with van der Waals surface area (Å²) < 4.78 is 19.2. The van der Waals surface area contributed by atoms with Crippen LogP contribution < -0.4 is 4.74 Å². The highest BCUT2D eigenvalue weighted by Gasteiger charge is 2.35. The van der Waals surface area contributed by atoms with Crippen LogP contribution in [0.1, 0.15) is 23.7 Å². The number of amidine groups is 1. The molecule has 4 nitrogen and oxygen atoms in total. The highest BCUT2D eigenvalue weighted by atomic mass is 32.2. The second-order valence-electron chi connectivity index (χ2n) is 5.62. The maximum absolute atomic E-state index is 14.1. The van der Waals surface area contributed by atoms with E-state index in [1.54, 1.807) is 24.1 Å². The van der Waals surface area contributed by atoms with Crippen LogP contribution in [0.25, 0.3) is 0 Å². The summed E-state index contributed by atoms with van der Waals surface area (Å²) in [5.74, 6) is 0.644. The summed E-state index contributed by atoms with van der Waals surface area (Å²) >= 11 is 1.52. The van der Waals surface area contributed by atoms with Crippen LogP contribution in [0.3, 0.4) is 0 Å². The van der Waals surface area contributed by atoms with Gasteiger partial charge in [-0.05, 0) is 42.8 Å². The van der Waals surface area contributed by atoms with Crippen LogP contribution in [-0.4, -0.2) is 34.9 Å². The third-order valence-electron chi connectivity index (χ3n) is 4.07. The van der Waals surface area contributed by atoms with Gasteiger partial charge in [0.2, 0.25) is 0 Å². The Labute approximate surface area is 150 Å². The summed E-state index contributed by atoms with van der Waals surface area (Å²) in [6, 6.07) is 13.4. The van der Waals surface area contributed by atoms with Gasteiger partial charge in [0.15, 0.2) is 5.17 Å². The van der Waals surface area contributed by atoms with Gasteiger partial charge in [-0.2, -0.15) is 0 Å². The van der Waals surface area contributed by atoms with Crippen molar-refractivity contribution in [3.8, 4) is 5.75 Å². The fourth-order valence-electron chi connectivity index (χ4n) is 2.64. The van der Waals surface area contributed by atoms with Crippen molar-refractivity contribution < 1.29 is 13.9 Å². The highest BCUT2D eigenvalue weighted by molar-refractivity contribution is 8.14. The van der Waals surface area contributed by atoms with E-state index in [1.807, 2.05) is 31.2 Å². The minimum Gasteiger partial charge on any atom is -0.497 e. The molecule has 1 fully saturated rings. The molecular formula is C19H19FN2O2S. The molecule has 0 unspecified atom stereocenters. The number of carbonyl (C=O) groups excluding carboxylic acids is 1. The molecule has 1 aliphatic heterocycles. The zero-order valence-electron chi connectivity index (χ0n) is 14.1. The van der Waals surface area contributed by atoms with Crippen molar-refractivity contribution in [3.63, 3.8) is 0 Å². The molecule has 1 aliphatic rings. The quantitative estimate of drug-likeness (QED) is 0.809. The Kier molecular flexibility index (Phi) is 5.38. The van der Waals surface area contributed by atoms with Crippen molar-refractivity contribution in [3.05, 3.63) is 59.9 Å². The number of hydrogen-bond donors (Lipinski definition) is 0. The van der Waals surface area contributed by atoms with Crippen molar-refractivity contribution in [1.29, 1.82) is 0 Å². The zero-order chi connectivity index (χ0) is 17.8. The Morgan fingerprint density at radius 3 is 2.64 bits per heavy atom. The molecule has 0 radical (unpaired) electrons. The van der Waals surface area contributed by atoms with Crippen LogP contribution in [0.5, 0.6) is 5.75 Å². The first-order valence-electron chi connectivity index (χ1n) is 8.07. The second-order valence-corrected chi connectivity index (χ2v) is 6.61. The van der Waals surface area contributed by atoms with Crippen LogP contribution in [0.2, 0.25) is 0 Å². The summed E-state index contributed by atoms with van der Waals surface area (Å²) in [4.78, 5) is 19.1. The van der Waals surface area contributed by atoms with E-state index >= 15 is 0 Å². The number of rotatable bonds is 4. The molecule has 130 valence electrons. The first-order valence-corrected chi connectivity index (χ1v) is 9.06. The first-order chi connectivity index (χ1) is 12.1. The van der Waals surface area contributed by atoms with E-state index in [-0.39, 0.29) is 17.5 Å². The minimum absolute atomic E-state index is 0.00843. The Morgan fingerprint density at radius 2 is 2.00 bits per heavy atom. The van der Waals surface area contributed by atoms with Crippen molar-refractivity contribution in [2.24, 2.45) is 4.99 Å². The van der Waals surface area contributed by atoms with Gasteiger partial charge >= 0.3 is 0 Å². The lowest BCUT2D eigenvalue weighted by Gasteiger charge is -2.23. The predicted octanol–water partition coefficient (Wildman–Crippen LogP) is 4.49. The van der Waals surface area contributed by atoms with Crippen LogP contribution in [0, 0.1) is 5.82 Å². The van der Waals surface area contributed by atoms with Gasteiger partial charge in [0.05, 0.1) is 18.4 Å². The molecule has 25 heavy (non-hydrogen) atoms. The van der Waals surface area contributed by atoms with Crippen LogP contribution in [-0.2, 0) is 0 Å². The third kappa shape index (κ3) is 3.69. The van der Waals surface area contributed by atoms with E-state index in [9.17, 15) is 9.18 Å². The summed E-state index contributed by atoms with van der Waals surface area (Å²) in [6.07, 6.45) is 0.787. The molecule has 1 atom stereocenters. The van der Waals surface area contributed by atoms with Gasteiger partial charge in [-0.15, -0.1) is 0 Å². The van der Waals surface area contributed by atoms with E-state index < -0.39 is 5.82 Å². The maximum atomic E-state index is 14.1. The van der Waals surface area contributed by atoms with Gasteiger partial charge in [0.1, 0.15) is 11.6 Å². The Hall–Kier alpha value is -2.34. The largest absolute Gasteiger partial charge is 0.497 e. The van der Waals surface area contributed by atoms with Crippen LogP contribution in [0.15, 0.2) is 53.5 Å². The highest BCUT2D eigenvalue weighted by Crippen LogP contribution is 2.31. The Balaban J connectivity index is 1.94. The standard InChI is InChI=1S/C19H19FN2O2S/c1-3-14-12-25-19(21-13-8-10-15(24-2)11-9-13)22(14)18(23)16-6-4-5-7-17(16)20/h4-11,14H,3,12H2,1-2H3/t14-/m0/s1. The number of carbonyl (C=O) groups is 1. The number of halogens is 1. The van der Waals surface area contributed by atoms with E-state index in [1.165, 1.54) is 23.9 Å². The SMILES string of the molecule is CC[C@H]1CSC(=Nc2ccc(OC)cc2)N1C(=O)c1ccccc1F. The van der Waals surface area contributed by atoms with Gasteiger partial charge in [-0.1, -0.05) is 30.8 Å². The lowest BCUT2D eigenvalue weighted by molar-refractivity contribution is 0.0815. The smallest absolute Gasteiger partial charge is 0.263 e. The molecule has 0 spiro atoms. The average molecular weight is 358 g/mol. The molecule has 2 aromatic rings. The molecule has 3 rings (SSSR count). The molecule has 1 amide bonds. The van der Waals surface area contributed by atoms with Crippen molar-refractivity contribution >= 4 is 28.5 Å². The lowest BCUT2D eigenvalue weighted by Crippen LogP contribution is -2.39. The van der Waals surface area contributed by atoms with Crippen molar-refractivity contribution in [2.75, 3.05) is 12.9 Å². The average Bonchev–Trinajstić information content (AvgIpc) is 3.05. The number of hydrogen-bond acceptors (Lipinski definition) is 4. The number of aliphatic imine (C=N–C) groups is 1. The van der Waals surface area contributed by atoms with E-state index in [0.29, 0.717) is 5.17 Å². The van der Waals surface area contributed by atoms with Gasteiger partial charge in [-0.25, -0.2) is 9.38 Å². The number of thioether (sulfide) groups is 1. The Morgan fingerprint density at radius 1 is 1.28 bits per heavy atom. The van der Waals surface area contributed by atoms with Crippen LogP contribution in [0.4, 0.5) is 10.1 Å². The molecule has 1 saturated heterocycles. The number of amides is 1. The van der Waals surface area contributed by atoms with Gasteiger partial charge in [0, 0.05) is 11.8 Å². The van der Waals surface area contributed by atoms with Gasteiger partial charge < -0.3 is 4.74 Å². The number of nitrogens with zero attached hydrogens (tertiary/aromatic N) is 2. The maximum Gasteiger partial charge on any atom is 0.263 e. The molecule has 0 bridgehead atoms. The summed E-state index contributed by atoms with van der Waals surface area (Å²) in [6.45, 7) is 2.02. The van der Waals surface area contributed by atoms with Crippen molar-refractivity contribution in [2.45, 2.75) is 19.4 Å². The van der Waals surface area contributed by atoms with Gasteiger partial charge in [-0.3, -0.25) is 9.69 Å². The number of benzene rings is 2. The summed E-state index contributed by atoms with van der Waals surface area (Å²) in [5, 5.41) is 0.602. The van der Waals surface area contributed by atoms with E-state index in [2.05, 4.69) is 4.99 Å². The van der Waals surface area contributed by atoms with Crippen LogP contribution >= 0.6 is 11.8 Å².